The molecule has 63 heavy (non-hydrogen) atoms. The number of nitrogens with zero attached hydrogens (tertiary/aromatic N) is 5. The molecule has 0 saturated heterocycles. The van der Waals surface area contributed by atoms with E-state index in [4.69, 9.17) is 15.0 Å². The first kappa shape index (κ1) is 35.6. The maximum absolute atomic E-state index is 5.19. The summed E-state index contributed by atoms with van der Waals surface area (Å²) >= 11 is 1.87. The van der Waals surface area contributed by atoms with Crippen LogP contribution < -0.4 is 0 Å². The van der Waals surface area contributed by atoms with Gasteiger partial charge in [0.05, 0.1) is 32.5 Å². The van der Waals surface area contributed by atoms with Gasteiger partial charge < -0.3 is 9.13 Å². The van der Waals surface area contributed by atoms with Crippen LogP contribution in [0.3, 0.4) is 0 Å². The average molecular weight is 822 g/mol. The normalized spacial score (nSPS) is 11.8. The van der Waals surface area contributed by atoms with Crippen LogP contribution in [0.25, 0.3) is 120 Å². The summed E-state index contributed by atoms with van der Waals surface area (Å²) < 4.78 is 7.52. The molecule has 0 saturated carbocycles. The van der Waals surface area contributed by atoms with Gasteiger partial charge in [-0.25, -0.2) is 15.0 Å². The van der Waals surface area contributed by atoms with Crippen molar-refractivity contribution < 1.29 is 0 Å². The van der Waals surface area contributed by atoms with E-state index in [0.29, 0.717) is 17.5 Å². The molecule has 0 unspecified atom stereocenters. The van der Waals surface area contributed by atoms with Gasteiger partial charge in [-0.2, -0.15) is 0 Å². The number of hydrogen-bond acceptors (Lipinski definition) is 4. The van der Waals surface area contributed by atoms with E-state index in [9.17, 15) is 0 Å². The predicted octanol–water partition coefficient (Wildman–Crippen LogP) is 15.1. The molecular weight excluding hydrogens is 787 g/mol. The zero-order chi connectivity index (χ0) is 41.4. The molecule has 4 aromatic heterocycles. The molecule has 13 aromatic rings. The highest BCUT2D eigenvalue weighted by molar-refractivity contribution is 7.26. The minimum atomic E-state index is 0.615. The van der Waals surface area contributed by atoms with E-state index in [-0.39, 0.29) is 0 Å². The maximum Gasteiger partial charge on any atom is 0.164 e. The summed E-state index contributed by atoms with van der Waals surface area (Å²) in [4.78, 5) is 15.4. The Morgan fingerprint density at radius 2 is 0.794 bits per heavy atom. The lowest BCUT2D eigenvalue weighted by atomic mass is 10.0. The van der Waals surface area contributed by atoms with Gasteiger partial charge in [0, 0.05) is 59.4 Å². The van der Waals surface area contributed by atoms with Gasteiger partial charge >= 0.3 is 0 Å². The Hall–Kier alpha value is -8.19. The lowest BCUT2D eigenvalue weighted by molar-refractivity contribution is 1.07. The van der Waals surface area contributed by atoms with Crippen molar-refractivity contribution in [3.63, 3.8) is 0 Å². The van der Waals surface area contributed by atoms with Gasteiger partial charge in [0.15, 0.2) is 17.5 Å². The summed E-state index contributed by atoms with van der Waals surface area (Å²) in [5, 5.41) is 7.40. The first-order valence-corrected chi connectivity index (χ1v) is 22.0. The van der Waals surface area contributed by atoms with E-state index in [1.54, 1.807) is 0 Å². The van der Waals surface area contributed by atoms with Gasteiger partial charge in [0.2, 0.25) is 0 Å². The zero-order valence-electron chi connectivity index (χ0n) is 33.9. The van der Waals surface area contributed by atoms with E-state index in [1.165, 1.54) is 64.0 Å². The summed E-state index contributed by atoms with van der Waals surface area (Å²) in [5.41, 5.74) is 11.9. The molecular formula is C57H35N5S. The van der Waals surface area contributed by atoms with Gasteiger partial charge in [-0.05, 0) is 47.5 Å². The molecule has 0 aliphatic rings. The van der Waals surface area contributed by atoms with Gasteiger partial charge in [0.1, 0.15) is 0 Å². The minimum absolute atomic E-state index is 0.615. The molecule has 4 heterocycles. The Bertz CT molecular complexity index is 3900. The second-order valence-electron chi connectivity index (χ2n) is 16.0. The van der Waals surface area contributed by atoms with Crippen molar-refractivity contribution >= 4 is 75.1 Å². The highest BCUT2D eigenvalue weighted by Gasteiger charge is 2.23. The molecule has 0 radical (unpaired) electrons. The molecule has 0 N–H and O–H groups in total. The zero-order valence-corrected chi connectivity index (χ0v) is 34.7. The number of fused-ring (bicyclic) bond motifs is 10. The number of benzene rings is 9. The molecule has 6 heteroatoms. The number of aromatic nitrogens is 5. The summed E-state index contributed by atoms with van der Waals surface area (Å²) in [6.07, 6.45) is 0. The minimum Gasteiger partial charge on any atom is -0.307 e. The van der Waals surface area contributed by atoms with Crippen molar-refractivity contribution in [1.29, 1.82) is 0 Å². The SMILES string of the molecule is c1ccc(-c2ccc(-c3nc(-c4ccccc4)nc(-c4cccc(-n5c6ccccc6c6ccc7c8ccccc8n(-c8cccc9c8sc8ccccc89)c7c65)c4)n3)cc2)cc1. The summed E-state index contributed by atoms with van der Waals surface area (Å²) in [7, 11) is 0. The molecule has 0 amide bonds. The fourth-order valence-corrected chi connectivity index (χ4v) is 10.7. The predicted molar refractivity (Wildman–Crippen MR) is 263 cm³/mol. The third-order valence-electron chi connectivity index (χ3n) is 12.4. The first-order chi connectivity index (χ1) is 31.2. The van der Waals surface area contributed by atoms with Gasteiger partial charge in [-0.1, -0.05) is 176 Å². The Labute approximate surface area is 366 Å². The van der Waals surface area contributed by atoms with Crippen molar-refractivity contribution in [2.45, 2.75) is 0 Å². The van der Waals surface area contributed by atoms with E-state index >= 15 is 0 Å². The van der Waals surface area contributed by atoms with Crippen LogP contribution in [0.5, 0.6) is 0 Å². The van der Waals surface area contributed by atoms with E-state index in [0.717, 1.165) is 39.0 Å². The third kappa shape index (κ3) is 5.66. The molecule has 9 aromatic carbocycles. The number of rotatable bonds is 6. The molecule has 0 fully saturated rings. The molecule has 294 valence electrons. The Morgan fingerprint density at radius 1 is 0.317 bits per heavy atom. The Morgan fingerprint density at radius 3 is 1.49 bits per heavy atom. The molecule has 13 rings (SSSR count). The molecule has 5 nitrogen and oxygen atoms in total. The van der Waals surface area contributed by atoms with Gasteiger partial charge in [-0.3, -0.25) is 0 Å². The second kappa shape index (κ2) is 14.2. The summed E-state index contributed by atoms with van der Waals surface area (Å²) in [6.45, 7) is 0. The van der Waals surface area contributed by atoms with Crippen LogP contribution in [0.2, 0.25) is 0 Å². The van der Waals surface area contributed by atoms with Crippen molar-refractivity contribution in [3.05, 3.63) is 212 Å². The molecule has 0 aliphatic heterocycles. The van der Waals surface area contributed by atoms with Crippen LogP contribution in [0.4, 0.5) is 0 Å². The monoisotopic (exact) mass is 821 g/mol. The summed E-state index contributed by atoms with van der Waals surface area (Å²) in [5.74, 6) is 1.87. The fourth-order valence-electron chi connectivity index (χ4n) is 9.50. The van der Waals surface area contributed by atoms with E-state index in [2.05, 4.69) is 197 Å². The van der Waals surface area contributed by atoms with Gasteiger partial charge in [0.25, 0.3) is 0 Å². The van der Waals surface area contributed by atoms with Crippen LogP contribution in [0.15, 0.2) is 212 Å². The van der Waals surface area contributed by atoms with E-state index < -0.39 is 0 Å². The van der Waals surface area contributed by atoms with Crippen LogP contribution in [-0.2, 0) is 0 Å². The van der Waals surface area contributed by atoms with Crippen LogP contribution in [0, 0.1) is 0 Å². The van der Waals surface area contributed by atoms with Crippen LogP contribution in [0.1, 0.15) is 0 Å². The Balaban J connectivity index is 1.05. The highest BCUT2D eigenvalue weighted by atomic mass is 32.1. The average Bonchev–Trinajstić information content (AvgIpc) is 4.03. The lowest BCUT2D eigenvalue weighted by Crippen LogP contribution is -2.01. The van der Waals surface area contributed by atoms with Crippen molar-refractivity contribution in [2.24, 2.45) is 0 Å². The molecule has 0 bridgehead atoms. The van der Waals surface area contributed by atoms with E-state index in [1.807, 2.05) is 35.6 Å². The van der Waals surface area contributed by atoms with Crippen LogP contribution in [-0.4, -0.2) is 24.1 Å². The standard InChI is InChI=1S/C57H35N5S/c1-3-15-36(16-4-1)37-29-31-39(32-30-37)56-58-55(38-17-5-2-6-18-38)59-57(60-56)40-19-13-20-41(35-40)61-48-25-10-7-21-42(48)45-33-34-46-43-22-8-11-26-49(43)62(53(46)52(45)61)50-27-14-24-47-44-23-9-12-28-51(44)63-54(47)50/h1-35H. The molecule has 0 aliphatic carbocycles. The smallest absolute Gasteiger partial charge is 0.164 e. The number of thiophene rings is 1. The third-order valence-corrected chi connectivity index (χ3v) is 13.6. The Kier molecular flexibility index (Phi) is 8.01. The number of para-hydroxylation sites is 2. The van der Waals surface area contributed by atoms with Crippen LogP contribution >= 0.6 is 11.3 Å². The lowest BCUT2D eigenvalue weighted by Gasteiger charge is -2.14. The van der Waals surface area contributed by atoms with Gasteiger partial charge in [-0.15, -0.1) is 11.3 Å². The summed E-state index contributed by atoms with van der Waals surface area (Å²) in [6, 6.07) is 75.5. The quantitative estimate of drug-likeness (QED) is 0.168. The molecule has 0 spiro atoms. The topological polar surface area (TPSA) is 48.5 Å². The first-order valence-electron chi connectivity index (χ1n) is 21.2. The molecule has 0 atom stereocenters. The van der Waals surface area contributed by atoms with Crippen molar-refractivity contribution in [1.82, 2.24) is 24.1 Å². The highest BCUT2D eigenvalue weighted by Crippen LogP contribution is 2.45. The van der Waals surface area contributed by atoms with Crippen molar-refractivity contribution in [3.8, 4) is 56.7 Å². The maximum atomic E-state index is 5.19. The fraction of sp³-hybridized carbons (Fsp3) is 0. The second-order valence-corrected chi connectivity index (χ2v) is 17.0. The number of hydrogen-bond donors (Lipinski definition) is 0. The van der Waals surface area contributed by atoms with Crippen molar-refractivity contribution in [2.75, 3.05) is 0 Å². The largest absolute Gasteiger partial charge is 0.307 e.